The highest BCUT2D eigenvalue weighted by Gasteiger charge is 2.27. The largest absolute Gasteiger partial charge is 0.356 e. The number of rotatable bonds is 2. The number of carbonyl (C=O) groups excluding carboxylic acids is 1. The summed E-state index contributed by atoms with van der Waals surface area (Å²) in [6.45, 7) is 3.68. The lowest BCUT2D eigenvalue weighted by Crippen LogP contribution is -2.43. The molecule has 0 aromatic carbocycles. The van der Waals surface area contributed by atoms with Crippen molar-refractivity contribution >= 4 is 11.7 Å². The molecule has 0 unspecified atom stereocenters. The van der Waals surface area contributed by atoms with Crippen LogP contribution in [0.3, 0.4) is 0 Å². The minimum atomic E-state index is 0.0871. The fraction of sp³-hybridized carbons (Fsp3) is 0.615. The summed E-state index contributed by atoms with van der Waals surface area (Å²) in [4.78, 5) is 24.3. The van der Waals surface area contributed by atoms with Crippen LogP contribution in [-0.2, 0) is 4.79 Å². The molecule has 0 bridgehead atoms. The molecule has 0 spiro atoms. The van der Waals surface area contributed by atoms with Crippen LogP contribution in [0.4, 0.5) is 5.82 Å². The molecule has 2 rings (SSSR count). The molecule has 0 saturated carbocycles. The summed E-state index contributed by atoms with van der Waals surface area (Å²) in [5.74, 6) is 1.23. The molecular weight excluding hydrogens is 228 g/mol. The van der Waals surface area contributed by atoms with E-state index in [-0.39, 0.29) is 11.8 Å². The van der Waals surface area contributed by atoms with E-state index in [9.17, 15) is 4.79 Å². The molecule has 98 valence electrons. The summed E-state index contributed by atoms with van der Waals surface area (Å²) in [5, 5.41) is 0. The van der Waals surface area contributed by atoms with Gasteiger partial charge in [-0.05, 0) is 19.8 Å². The van der Waals surface area contributed by atoms with Crippen molar-refractivity contribution in [1.29, 1.82) is 0 Å². The van der Waals surface area contributed by atoms with Crippen molar-refractivity contribution in [1.82, 2.24) is 14.9 Å². The first-order chi connectivity index (χ1) is 8.58. The van der Waals surface area contributed by atoms with Crippen LogP contribution in [0.2, 0.25) is 0 Å². The molecule has 1 aromatic rings. The zero-order valence-electron chi connectivity index (χ0n) is 11.3. The van der Waals surface area contributed by atoms with Crippen molar-refractivity contribution in [3.05, 3.63) is 18.1 Å². The second-order valence-electron chi connectivity index (χ2n) is 5.04. The van der Waals surface area contributed by atoms with E-state index in [4.69, 9.17) is 0 Å². The second kappa shape index (κ2) is 5.33. The van der Waals surface area contributed by atoms with Gasteiger partial charge in [0.25, 0.3) is 0 Å². The third-order valence-electron chi connectivity index (χ3n) is 3.32. The van der Waals surface area contributed by atoms with Gasteiger partial charge < -0.3 is 9.80 Å². The van der Waals surface area contributed by atoms with Gasteiger partial charge in [-0.1, -0.05) is 0 Å². The molecule has 1 atom stereocenters. The van der Waals surface area contributed by atoms with Crippen molar-refractivity contribution in [2.24, 2.45) is 5.92 Å². The normalized spacial score (nSPS) is 19.7. The number of nitrogens with zero attached hydrogens (tertiary/aromatic N) is 4. The van der Waals surface area contributed by atoms with Crippen LogP contribution in [0.1, 0.15) is 18.5 Å². The van der Waals surface area contributed by atoms with E-state index in [1.807, 2.05) is 27.1 Å². The highest BCUT2D eigenvalue weighted by atomic mass is 16.2. The number of carbonyl (C=O) groups is 1. The SMILES string of the molecule is Cc1cc(N2CCC[C@H](C(=O)N(C)C)C2)ncn1. The molecule has 5 nitrogen and oxygen atoms in total. The van der Waals surface area contributed by atoms with Gasteiger partial charge >= 0.3 is 0 Å². The Morgan fingerprint density at radius 3 is 2.89 bits per heavy atom. The van der Waals surface area contributed by atoms with Gasteiger partial charge in [-0.3, -0.25) is 4.79 Å². The summed E-state index contributed by atoms with van der Waals surface area (Å²) in [6, 6.07) is 1.97. The third kappa shape index (κ3) is 2.78. The van der Waals surface area contributed by atoms with Gasteiger partial charge in [0.05, 0.1) is 5.92 Å². The molecule has 18 heavy (non-hydrogen) atoms. The fourth-order valence-corrected chi connectivity index (χ4v) is 2.37. The van der Waals surface area contributed by atoms with E-state index >= 15 is 0 Å². The molecule has 1 saturated heterocycles. The summed E-state index contributed by atoms with van der Waals surface area (Å²) in [6.07, 6.45) is 3.59. The van der Waals surface area contributed by atoms with E-state index in [1.165, 1.54) is 0 Å². The lowest BCUT2D eigenvalue weighted by atomic mass is 9.97. The maximum Gasteiger partial charge on any atom is 0.226 e. The Kier molecular flexibility index (Phi) is 3.79. The number of hydrogen-bond donors (Lipinski definition) is 0. The standard InChI is InChI=1S/C13H20N4O/c1-10-7-12(15-9-14-10)17-6-4-5-11(8-17)13(18)16(2)3/h7,9,11H,4-6,8H2,1-3H3/t11-/m0/s1. The summed E-state index contributed by atoms with van der Waals surface area (Å²) in [5.41, 5.74) is 0.959. The molecular formula is C13H20N4O. The minimum absolute atomic E-state index is 0.0871. The number of anilines is 1. The average molecular weight is 248 g/mol. The second-order valence-corrected chi connectivity index (χ2v) is 5.04. The maximum atomic E-state index is 12.0. The molecule has 1 aliphatic rings. The predicted molar refractivity (Wildman–Crippen MR) is 70.4 cm³/mol. The first-order valence-electron chi connectivity index (χ1n) is 6.32. The van der Waals surface area contributed by atoms with Crippen LogP contribution >= 0.6 is 0 Å². The molecule has 1 aliphatic heterocycles. The highest BCUT2D eigenvalue weighted by molar-refractivity contribution is 5.79. The van der Waals surface area contributed by atoms with Crippen molar-refractivity contribution in [3.63, 3.8) is 0 Å². The van der Waals surface area contributed by atoms with Gasteiger partial charge in [0.15, 0.2) is 0 Å². The molecule has 1 amide bonds. The number of aromatic nitrogens is 2. The van der Waals surface area contributed by atoms with Gasteiger partial charge in [0.1, 0.15) is 12.1 Å². The van der Waals surface area contributed by atoms with Crippen molar-refractivity contribution in [2.45, 2.75) is 19.8 Å². The van der Waals surface area contributed by atoms with E-state index in [1.54, 1.807) is 11.2 Å². The monoisotopic (exact) mass is 248 g/mol. The molecule has 0 aliphatic carbocycles. The Labute approximate surface area is 108 Å². The minimum Gasteiger partial charge on any atom is -0.356 e. The third-order valence-corrected chi connectivity index (χ3v) is 3.32. The van der Waals surface area contributed by atoms with Crippen LogP contribution in [0, 0.1) is 12.8 Å². The van der Waals surface area contributed by atoms with Crippen LogP contribution in [0.15, 0.2) is 12.4 Å². The van der Waals surface area contributed by atoms with Gasteiger partial charge in [-0.2, -0.15) is 0 Å². The number of hydrogen-bond acceptors (Lipinski definition) is 4. The zero-order chi connectivity index (χ0) is 13.1. The molecule has 1 fully saturated rings. The smallest absolute Gasteiger partial charge is 0.226 e. The van der Waals surface area contributed by atoms with Crippen LogP contribution in [0.5, 0.6) is 0 Å². The van der Waals surface area contributed by atoms with E-state index in [0.29, 0.717) is 0 Å². The molecule has 0 N–H and O–H groups in total. The average Bonchev–Trinajstić information content (AvgIpc) is 2.38. The van der Waals surface area contributed by atoms with Crippen molar-refractivity contribution in [3.8, 4) is 0 Å². The Hall–Kier alpha value is -1.65. The summed E-state index contributed by atoms with van der Waals surface area (Å²) in [7, 11) is 3.63. The molecule has 2 heterocycles. The predicted octanol–water partition coefficient (Wildman–Crippen LogP) is 1.09. The van der Waals surface area contributed by atoms with E-state index in [2.05, 4.69) is 14.9 Å². The van der Waals surface area contributed by atoms with Crippen molar-refractivity contribution in [2.75, 3.05) is 32.1 Å². The fourth-order valence-electron chi connectivity index (χ4n) is 2.37. The zero-order valence-corrected chi connectivity index (χ0v) is 11.3. The first kappa shape index (κ1) is 12.8. The van der Waals surface area contributed by atoms with Gasteiger partial charge in [-0.15, -0.1) is 0 Å². The number of aryl methyl sites for hydroxylation is 1. The Morgan fingerprint density at radius 1 is 1.44 bits per heavy atom. The van der Waals surface area contributed by atoms with Gasteiger partial charge in [-0.25, -0.2) is 9.97 Å². The number of piperidine rings is 1. The highest BCUT2D eigenvalue weighted by Crippen LogP contribution is 2.22. The van der Waals surface area contributed by atoms with Gasteiger partial charge in [0, 0.05) is 38.9 Å². The van der Waals surface area contributed by atoms with E-state index in [0.717, 1.165) is 37.4 Å². The Bertz CT molecular complexity index is 433. The first-order valence-corrected chi connectivity index (χ1v) is 6.32. The van der Waals surface area contributed by atoms with Crippen molar-refractivity contribution < 1.29 is 4.79 Å². The maximum absolute atomic E-state index is 12.0. The topological polar surface area (TPSA) is 49.3 Å². The Balaban J connectivity index is 2.09. The quantitative estimate of drug-likeness (QED) is 0.786. The Morgan fingerprint density at radius 2 is 2.22 bits per heavy atom. The van der Waals surface area contributed by atoms with Crippen LogP contribution in [0.25, 0.3) is 0 Å². The lowest BCUT2D eigenvalue weighted by Gasteiger charge is -2.33. The van der Waals surface area contributed by atoms with Crippen LogP contribution < -0.4 is 4.90 Å². The summed E-state index contributed by atoms with van der Waals surface area (Å²) >= 11 is 0. The molecule has 1 aromatic heterocycles. The summed E-state index contributed by atoms with van der Waals surface area (Å²) < 4.78 is 0. The molecule has 5 heteroatoms. The van der Waals surface area contributed by atoms with Crippen LogP contribution in [-0.4, -0.2) is 48.0 Å². The van der Waals surface area contributed by atoms with E-state index < -0.39 is 0 Å². The molecule has 0 radical (unpaired) electrons. The lowest BCUT2D eigenvalue weighted by molar-refractivity contribution is -0.133. The van der Waals surface area contributed by atoms with Gasteiger partial charge in [0.2, 0.25) is 5.91 Å². The number of amides is 1.